The number of esters is 1. The second-order valence-electron chi connectivity index (χ2n) is 13.4. The largest absolute Gasteiger partial charge is 0.457 e. The Labute approximate surface area is 268 Å². The quantitative estimate of drug-likeness (QED) is 0.122. The molecule has 45 heavy (non-hydrogen) atoms. The number of nitrogens with zero attached hydrogens (tertiary/aromatic N) is 1. The molecule has 3 aliphatic rings. The maximum atomic E-state index is 13.1. The van der Waals surface area contributed by atoms with Crippen molar-refractivity contribution >= 4 is 12.1 Å². The van der Waals surface area contributed by atoms with Gasteiger partial charge in [0.05, 0.1) is 36.4 Å². The molecular formula is C34H56N2O9. The molecule has 11 heteroatoms. The normalized spacial score (nSPS) is 35.4. The van der Waals surface area contributed by atoms with Crippen LogP contribution in [-0.2, 0) is 23.7 Å². The van der Waals surface area contributed by atoms with Crippen LogP contribution in [0.1, 0.15) is 73.6 Å². The Morgan fingerprint density at radius 3 is 2.64 bits per heavy atom. The molecule has 11 nitrogen and oxygen atoms in total. The Kier molecular flexibility index (Phi) is 13.6. The minimum absolute atomic E-state index is 0.00213. The van der Waals surface area contributed by atoms with Gasteiger partial charge >= 0.3 is 12.1 Å². The van der Waals surface area contributed by atoms with E-state index in [2.05, 4.69) is 5.32 Å². The number of rotatable bonds is 10. The lowest BCUT2D eigenvalue weighted by Crippen LogP contribution is -2.50. The van der Waals surface area contributed by atoms with E-state index in [9.17, 15) is 24.9 Å². The lowest BCUT2D eigenvalue weighted by molar-refractivity contribution is -0.151. The number of cyclic esters (lactones) is 1. The molecule has 0 aromatic carbocycles. The highest BCUT2D eigenvalue weighted by molar-refractivity contribution is 5.70. The van der Waals surface area contributed by atoms with Crippen LogP contribution in [0.15, 0.2) is 36.0 Å². The number of amides is 1. The summed E-state index contributed by atoms with van der Waals surface area (Å²) in [6, 6.07) is 0. The second kappa shape index (κ2) is 16.5. The van der Waals surface area contributed by atoms with E-state index in [1.165, 1.54) is 0 Å². The van der Waals surface area contributed by atoms with Gasteiger partial charge in [-0.15, -0.1) is 0 Å². The molecule has 0 spiro atoms. The second-order valence-corrected chi connectivity index (χ2v) is 13.4. The number of aliphatic hydroxyl groups excluding tert-OH is 2. The van der Waals surface area contributed by atoms with Crippen LogP contribution in [0, 0.1) is 11.8 Å². The molecule has 0 aliphatic carbocycles. The molecule has 256 valence electrons. The van der Waals surface area contributed by atoms with Gasteiger partial charge in [0, 0.05) is 51.5 Å². The van der Waals surface area contributed by atoms with Gasteiger partial charge in [-0.2, -0.15) is 0 Å². The smallest absolute Gasteiger partial charge is 0.410 e. The predicted molar refractivity (Wildman–Crippen MR) is 170 cm³/mol. The van der Waals surface area contributed by atoms with Crippen LogP contribution in [-0.4, -0.2) is 113 Å². The molecule has 1 amide bonds. The van der Waals surface area contributed by atoms with E-state index >= 15 is 0 Å². The van der Waals surface area contributed by atoms with E-state index in [1.807, 2.05) is 40.7 Å². The monoisotopic (exact) mass is 636 g/mol. The third-order valence-corrected chi connectivity index (χ3v) is 9.42. The van der Waals surface area contributed by atoms with Gasteiger partial charge in [-0.1, -0.05) is 45.1 Å². The predicted octanol–water partition coefficient (Wildman–Crippen LogP) is 3.27. The molecule has 3 aliphatic heterocycles. The molecule has 0 aromatic rings. The Morgan fingerprint density at radius 1 is 1.31 bits per heavy atom. The zero-order valence-corrected chi connectivity index (χ0v) is 28.1. The molecule has 2 saturated heterocycles. The van der Waals surface area contributed by atoms with Crippen molar-refractivity contribution < 1.29 is 43.9 Å². The number of piperazine rings is 1. The standard InChI is InChI=1S/C34H56N2O9/c1-8-26(38)24(4)31-27(43-31)21-33(5,41)14-9-10-22(2)30-23(3)11-12-28(44-32(40)36-18-16-35-17-19-36)34(6,42-7)15-13-25(37)20-29(39)45-30/h9-12,14,23-28,30-31,35,37-38,41H,8,13,15-21H2,1-7H3/b12-11+,14-9+,22-10+. The highest BCUT2D eigenvalue weighted by atomic mass is 16.6. The van der Waals surface area contributed by atoms with E-state index in [0.717, 1.165) is 5.57 Å². The van der Waals surface area contributed by atoms with E-state index in [0.29, 0.717) is 45.4 Å². The average Bonchev–Trinajstić information content (AvgIpc) is 3.77. The van der Waals surface area contributed by atoms with Gasteiger partial charge in [-0.3, -0.25) is 4.79 Å². The first-order chi connectivity index (χ1) is 21.2. The van der Waals surface area contributed by atoms with Gasteiger partial charge in [0.2, 0.25) is 0 Å². The Bertz CT molecular complexity index is 1070. The van der Waals surface area contributed by atoms with Crippen LogP contribution in [0.5, 0.6) is 0 Å². The van der Waals surface area contributed by atoms with Crippen molar-refractivity contribution in [2.24, 2.45) is 11.8 Å². The summed E-state index contributed by atoms with van der Waals surface area (Å²) in [4.78, 5) is 27.6. The number of allylic oxidation sites excluding steroid dienone is 2. The molecule has 2 fully saturated rings. The van der Waals surface area contributed by atoms with Crippen molar-refractivity contribution in [2.45, 2.75) is 121 Å². The van der Waals surface area contributed by atoms with E-state index in [-0.39, 0.29) is 36.9 Å². The number of ether oxygens (including phenoxy) is 4. The number of methoxy groups -OCH3 is 1. The van der Waals surface area contributed by atoms with Gasteiger partial charge < -0.3 is 44.5 Å². The Balaban J connectivity index is 1.77. The molecule has 0 saturated carbocycles. The molecule has 3 heterocycles. The van der Waals surface area contributed by atoms with Crippen molar-refractivity contribution in [1.82, 2.24) is 10.2 Å². The average molecular weight is 637 g/mol. The van der Waals surface area contributed by atoms with Crippen LogP contribution in [0.3, 0.4) is 0 Å². The fourth-order valence-electron chi connectivity index (χ4n) is 6.04. The number of hydrogen-bond donors (Lipinski definition) is 4. The number of carbonyl (C=O) groups is 2. The van der Waals surface area contributed by atoms with Gasteiger partial charge in [0.25, 0.3) is 0 Å². The molecule has 10 unspecified atom stereocenters. The number of epoxide rings is 1. The minimum atomic E-state index is -1.14. The first kappa shape index (κ1) is 37.2. The van der Waals surface area contributed by atoms with Crippen LogP contribution in [0.4, 0.5) is 4.79 Å². The first-order valence-corrected chi connectivity index (χ1v) is 16.4. The Hall–Kier alpha value is -2.28. The Morgan fingerprint density at radius 2 is 2.00 bits per heavy atom. The summed E-state index contributed by atoms with van der Waals surface area (Å²) in [6.45, 7) is 13.7. The number of carbonyl (C=O) groups excluding carboxylic acids is 2. The van der Waals surface area contributed by atoms with Crippen molar-refractivity contribution in [3.63, 3.8) is 0 Å². The first-order valence-electron chi connectivity index (χ1n) is 16.4. The van der Waals surface area contributed by atoms with Crippen molar-refractivity contribution in [2.75, 3.05) is 33.3 Å². The highest BCUT2D eigenvalue weighted by Gasteiger charge is 2.47. The summed E-state index contributed by atoms with van der Waals surface area (Å²) in [5.41, 5.74) is -1.34. The topological polar surface area (TPSA) is 150 Å². The summed E-state index contributed by atoms with van der Waals surface area (Å²) in [6.07, 6.45) is 6.95. The molecule has 0 bridgehead atoms. The summed E-state index contributed by atoms with van der Waals surface area (Å²) in [5, 5.41) is 35.0. The van der Waals surface area contributed by atoms with Gasteiger partial charge in [-0.05, 0) is 51.7 Å². The highest BCUT2D eigenvalue weighted by Crippen LogP contribution is 2.37. The molecule has 0 radical (unpaired) electrons. The van der Waals surface area contributed by atoms with Crippen LogP contribution in [0.25, 0.3) is 0 Å². The lowest BCUT2D eigenvalue weighted by Gasteiger charge is -2.37. The minimum Gasteiger partial charge on any atom is -0.457 e. The third-order valence-electron chi connectivity index (χ3n) is 9.42. The fraction of sp³-hybridized carbons (Fsp3) is 0.765. The zero-order chi connectivity index (χ0) is 33.4. The maximum absolute atomic E-state index is 13.1. The lowest BCUT2D eigenvalue weighted by atomic mass is 9.88. The molecule has 10 atom stereocenters. The van der Waals surface area contributed by atoms with Crippen molar-refractivity contribution in [1.29, 1.82) is 0 Å². The van der Waals surface area contributed by atoms with Gasteiger partial charge in [0.15, 0.2) is 6.10 Å². The van der Waals surface area contributed by atoms with Crippen LogP contribution in [0.2, 0.25) is 0 Å². The fourth-order valence-corrected chi connectivity index (χ4v) is 6.04. The van der Waals surface area contributed by atoms with Crippen LogP contribution >= 0.6 is 0 Å². The van der Waals surface area contributed by atoms with E-state index in [4.69, 9.17) is 18.9 Å². The summed E-state index contributed by atoms with van der Waals surface area (Å²) >= 11 is 0. The molecule has 0 aromatic heterocycles. The molecule has 3 rings (SSSR count). The van der Waals surface area contributed by atoms with Crippen molar-refractivity contribution in [3.05, 3.63) is 36.0 Å². The number of hydrogen-bond acceptors (Lipinski definition) is 10. The van der Waals surface area contributed by atoms with E-state index < -0.39 is 47.7 Å². The summed E-state index contributed by atoms with van der Waals surface area (Å²) in [7, 11) is 1.55. The van der Waals surface area contributed by atoms with Gasteiger partial charge in [0.1, 0.15) is 11.7 Å². The number of nitrogens with one attached hydrogen (secondary N) is 1. The van der Waals surface area contributed by atoms with Crippen molar-refractivity contribution in [3.8, 4) is 0 Å². The molecular weight excluding hydrogens is 580 g/mol. The zero-order valence-electron chi connectivity index (χ0n) is 28.1. The van der Waals surface area contributed by atoms with Crippen LogP contribution < -0.4 is 5.32 Å². The summed E-state index contributed by atoms with van der Waals surface area (Å²) in [5.74, 6) is -0.833. The maximum Gasteiger partial charge on any atom is 0.410 e. The van der Waals surface area contributed by atoms with Gasteiger partial charge in [-0.25, -0.2) is 4.79 Å². The summed E-state index contributed by atoms with van der Waals surface area (Å²) < 4.78 is 23.5. The van der Waals surface area contributed by atoms with E-state index in [1.54, 1.807) is 43.2 Å². The number of aliphatic hydroxyl groups is 3. The third kappa shape index (κ3) is 10.9. The SMILES string of the molecule is CCC(O)C(C)C1OC1CC(C)(O)/C=C/C=C(\C)C1OC(=O)CC(O)CCC(C)(OC)C(OC(=O)N2CCNCC2)/C=C/C1C. The molecule has 4 N–H and O–H groups in total.